The first kappa shape index (κ1) is 36.1. The fourth-order valence-corrected chi connectivity index (χ4v) is 6.02. The van der Waals surface area contributed by atoms with Crippen LogP contribution < -0.4 is 16.8 Å². The molecule has 0 spiro atoms. The zero-order chi connectivity index (χ0) is 34.7. The Kier molecular flexibility index (Phi) is 12.7. The molecule has 11 heteroatoms. The Balaban J connectivity index is 0.000000671. The van der Waals surface area contributed by atoms with Gasteiger partial charge in [0.2, 0.25) is 5.91 Å². The summed E-state index contributed by atoms with van der Waals surface area (Å²) in [5.41, 5.74) is 16.1. The normalized spacial score (nSPS) is 16.0. The Morgan fingerprint density at radius 2 is 1.48 bits per heavy atom. The average Bonchev–Trinajstić information content (AvgIpc) is 3.10. The third kappa shape index (κ3) is 9.65. The van der Waals surface area contributed by atoms with Crippen molar-refractivity contribution in [2.45, 2.75) is 44.9 Å². The largest absolute Gasteiger partial charge is 0.490 e. The van der Waals surface area contributed by atoms with Gasteiger partial charge in [-0.2, -0.15) is 13.2 Å². The molecular formula is C37H41F3N4O4. The number of amides is 2. The summed E-state index contributed by atoms with van der Waals surface area (Å²) in [6, 6.07) is 30.5. The van der Waals surface area contributed by atoms with Crippen LogP contribution in [0.4, 0.5) is 13.2 Å². The molecule has 254 valence electrons. The molecule has 1 aliphatic carbocycles. The molecule has 0 heterocycles. The third-order valence-electron chi connectivity index (χ3n) is 8.54. The minimum atomic E-state index is -5.08. The van der Waals surface area contributed by atoms with E-state index in [1.807, 2.05) is 47.4 Å². The van der Waals surface area contributed by atoms with Crippen molar-refractivity contribution in [3.63, 3.8) is 0 Å². The lowest BCUT2D eigenvalue weighted by molar-refractivity contribution is -0.192. The lowest BCUT2D eigenvalue weighted by Crippen LogP contribution is -2.37. The number of halogens is 3. The first-order valence-electron chi connectivity index (χ1n) is 15.9. The van der Waals surface area contributed by atoms with Crippen molar-refractivity contribution in [2.24, 2.45) is 23.3 Å². The molecule has 1 fully saturated rings. The molecule has 0 aromatic heterocycles. The zero-order valence-electron chi connectivity index (χ0n) is 26.6. The Morgan fingerprint density at radius 1 is 0.833 bits per heavy atom. The van der Waals surface area contributed by atoms with Gasteiger partial charge in [-0.25, -0.2) is 4.79 Å². The average molecular weight is 663 g/mol. The number of carbonyl (C=O) groups excluding carboxylic acids is 2. The Hall–Kier alpha value is -4.74. The molecule has 0 saturated heterocycles. The van der Waals surface area contributed by atoms with E-state index in [4.69, 9.17) is 21.4 Å². The molecule has 6 N–H and O–H groups in total. The maximum Gasteiger partial charge on any atom is 0.490 e. The van der Waals surface area contributed by atoms with Crippen molar-refractivity contribution >= 4 is 28.6 Å². The smallest absolute Gasteiger partial charge is 0.475 e. The number of hydrogen-bond acceptors (Lipinski definition) is 5. The molecule has 1 aliphatic rings. The first-order valence-corrected chi connectivity index (χ1v) is 15.9. The number of alkyl halides is 3. The topological polar surface area (TPSA) is 139 Å². The number of nitrogens with zero attached hydrogens (tertiary/aromatic N) is 1. The van der Waals surface area contributed by atoms with Crippen molar-refractivity contribution in [1.29, 1.82) is 0 Å². The van der Waals surface area contributed by atoms with E-state index in [0.717, 1.165) is 47.9 Å². The molecule has 2 amide bonds. The predicted molar refractivity (Wildman–Crippen MR) is 180 cm³/mol. The number of nitrogens with two attached hydrogens (primary N) is 2. The lowest BCUT2D eigenvalue weighted by atomic mass is 9.81. The van der Waals surface area contributed by atoms with Gasteiger partial charge in [0.1, 0.15) is 0 Å². The third-order valence-corrected chi connectivity index (χ3v) is 8.54. The van der Waals surface area contributed by atoms with E-state index in [-0.39, 0.29) is 17.7 Å². The maximum absolute atomic E-state index is 14.1. The SMILES string of the molecule is NCCNC(=O)c1ccccc1-c1cccc(CN(Cc2cccc3ccccc23)C(=O)C2CCC(CN)CC2)c1.O=C(O)C(F)(F)F. The fourth-order valence-electron chi connectivity index (χ4n) is 6.02. The van der Waals surface area contributed by atoms with E-state index >= 15 is 0 Å². The van der Waals surface area contributed by atoms with Gasteiger partial charge < -0.3 is 26.8 Å². The number of aliphatic carboxylic acids is 1. The highest BCUT2D eigenvalue weighted by atomic mass is 19.4. The second-order valence-electron chi connectivity index (χ2n) is 11.9. The summed E-state index contributed by atoms with van der Waals surface area (Å²) < 4.78 is 31.7. The van der Waals surface area contributed by atoms with Crippen LogP contribution in [0.2, 0.25) is 0 Å². The molecule has 48 heavy (non-hydrogen) atoms. The Morgan fingerprint density at radius 3 is 2.17 bits per heavy atom. The number of nitrogens with one attached hydrogen (secondary N) is 1. The Labute approximate surface area is 277 Å². The van der Waals surface area contributed by atoms with E-state index in [2.05, 4.69) is 53.8 Å². The highest BCUT2D eigenvalue weighted by Crippen LogP contribution is 2.32. The van der Waals surface area contributed by atoms with Gasteiger partial charge in [-0.1, -0.05) is 78.9 Å². The summed E-state index contributed by atoms with van der Waals surface area (Å²) in [5, 5.41) is 12.4. The highest BCUT2D eigenvalue weighted by Gasteiger charge is 2.38. The van der Waals surface area contributed by atoms with Crippen LogP contribution in [0.3, 0.4) is 0 Å². The van der Waals surface area contributed by atoms with Gasteiger partial charge in [0, 0.05) is 37.7 Å². The second-order valence-corrected chi connectivity index (χ2v) is 11.9. The molecule has 0 atom stereocenters. The van der Waals surface area contributed by atoms with Crippen molar-refractivity contribution in [3.05, 3.63) is 108 Å². The molecule has 0 unspecified atom stereocenters. The summed E-state index contributed by atoms with van der Waals surface area (Å²) in [6.45, 7) is 2.54. The summed E-state index contributed by atoms with van der Waals surface area (Å²) in [6.07, 6.45) is -1.29. The van der Waals surface area contributed by atoms with Gasteiger partial charge in [-0.05, 0) is 83.3 Å². The minimum Gasteiger partial charge on any atom is -0.475 e. The van der Waals surface area contributed by atoms with Crippen molar-refractivity contribution < 1.29 is 32.7 Å². The molecule has 5 rings (SSSR count). The van der Waals surface area contributed by atoms with Gasteiger partial charge >= 0.3 is 12.1 Å². The van der Waals surface area contributed by atoms with Crippen LogP contribution in [-0.4, -0.2) is 53.6 Å². The monoisotopic (exact) mass is 662 g/mol. The molecular weight excluding hydrogens is 621 g/mol. The predicted octanol–water partition coefficient (Wildman–Crippen LogP) is 6.12. The van der Waals surface area contributed by atoms with Crippen LogP contribution in [0.5, 0.6) is 0 Å². The number of fused-ring (bicyclic) bond motifs is 1. The number of carbonyl (C=O) groups is 3. The van der Waals surface area contributed by atoms with E-state index in [9.17, 15) is 22.8 Å². The van der Waals surface area contributed by atoms with Crippen LogP contribution in [0.15, 0.2) is 91.0 Å². The summed E-state index contributed by atoms with van der Waals surface area (Å²) in [5.74, 6) is -2.16. The molecule has 4 aromatic rings. The quantitative estimate of drug-likeness (QED) is 0.161. The van der Waals surface area contributed by atoms with E-state index < -0.39 is 12.1 Å². The minimum absolute atomic E-state index is 0.0166. The second kappa shape index (κ2) is 16.9. The zero-order valence-corrected chi connectivity index (χ0v) is 26.6. The number of carboxylic acid groups (broad SMARTS) is 1. The van der Waals surface area contributed by atoms with Crippen molar-refractivity contribution in [2.75, 3.05) is 19.6 Å². The van der Waals surface area contributed by atoms with Crippen molar-refractivity contribution in [1.82, 2.24) is 10.2 Å². The van der Waals surface area contributed by atoms with Gasteiger partial charge in [0.25, 0.3) is 5.91 Å². The molecule has 1 saturated carbocycles. The summed E-state index contributed by atoms with van der Waals surface area (Å²) in [7, 11) is 0. The molecule has 8 nitrogen and oxygen atoms in total. The van der Waals surface area contributed by atoms with Crippen LogP contribution >= 0.6 is 0 Å². The number of benzene rings is 4. The van der Waals surface area contributed by atoms with Gasteiger partial charge in [0.05, 0.1) is 0 Å². The molecule has 4 aromatic carbocycles. The number of rotatable bonds is 10. The Bertz CT molecular complexity index is 1700. The van der Waals surface area contributed by atoms with Gasteiger partial charge in [-0.15, -0.1) is 0 Å². The van der Waals surface area contributed by atoms with Crippen molar-refractivity contribution in [3.8, 4) is 11.1 Å². The highest BCUT2D eigenvalue weighted by molar-refractivity contribution is 6.01. The lowest BCUT2D eigenvalue weighted by Gasteiger charge is -2.32. The maximum atomic E-state index is 14.1. The fraction of sp³-hybridized carbons (Fsp3) is 0.324. The van der Waals surface area contributed by atoms with Crippen LogP contribution in [0.25, 0.3) is 21.9 Å². The standard InChI is InChI=1S/C35H40N4O2.C2HF3O2/c36-19-20-38-34(40)33-14-4-3-13-32(33)29-10-5-7-26(21-29)23-39(35(41)28-17-15-25(22-37)16-18-28)24-30-11-6-9-27-8-1-2-12-31(27)30;3-2(4,5)1(6)7/h1-14,21,25,28H,15-20,22-24,36-37H2,(H,38,40);(H,6,7). The van der Waals surface area contributed by atoms with Gasteiger partial charge in [0.15, 0.2) is 0 Å². The van der Waals surface area contributed by atoms with Crippen LogP contribution in [0.1, 0.15) is 47.2 Å². The summed E-state index contributed by atoms with van der Waals surface area (Å²) in [4.78, 5) is 37.8. The number of hydrogen-bond donors (Lipinski definition) is 4. The van der Waals surface area contributed by atoms with Crippen LogP contribution in [0, 0.1) is 11.8 Å². The van der Waals surface area contributed by atoms with E-state index in [0.29, 0.717) is 44.2 Å². The van der Waals surface area contributed by atoms with E-state index in [1.54, 1.807) is 0 Å². The first-order chi connectivity index (χ1) is 23.0. The van der Waals surface area contributed by atoms with E-state index in [1.165, 1.54) is 10.8 Å². The molecule has 0 bridgehead atoms. The van der Waals surface area contributed by atoms with Gasteiger partial charge in [-0.3, -0.25) is 9.59 Å². The number of carboxylic acids is 1. The molecule has 0 radical (unpaired) electrons. The molecule has 0 aliphatic heterocycles. The summed E-state index contributed by atoms with van der Waals surface area (Å²) >= 11 is 0. The van der Waals surface area contributed by atoms with Crippen LogP contribution in [-0.2, 0) is 22.7 Å².